The van der Waals surface area contributed by atoms with E-state index in [0.717, 1.165) is 11.5 Å². The molecule has 2 N–H and O–H groups in total. The lowest BCUT2D eigenvalue weighted by molar-refractivity contribution is -0.132. The third-order valence-corrected chi connectivity index (χ3v) is 2.61. The Hall–Kier alpha value is -1.00. The second kappa shape index (κ2) is 7.44. The average molecular weight is 275 g/mol. The van der Waals surface area contributed by atoms with Gasteiger partial charge in [0.1, 0.15) is 11.5 Å². The van der Waals surface area contributed by atoms with E-state index in [-0.39, 0.29) is 18.3 Å². The minimum atomic E-state index is -0.420. The molecule has 0 bridgehead atoms. The van der Waals surface area contributed by atoms with Gasteiger partial charge >= 0.3 is 0 Å². The lowest BCUT2D eigenvalue weighted by Crippen LogP contribution is -2.42. The Morgan fingerprint density at radius 1 is 1.44 bits per heavy atom. The zero-order chi connectivity index (χ0) is 13.0. The Kier molecular flexibility index (Phi) is 7.02. The first-order chi connectivity index (χ1) is 7.90. The molecular weight excluding hydrogens is 252 g/mol. The molecule has 0 aliphatic rings. The van der Waals surface area contributed by atoms with Gasteiger partial charge in [-0.05, 0) is 31.4 Å². The molecule has 0 aliphatic carbocycles. The first kappa shape index (κ1) is 17.0. The van der Waals surface area contributed by atoms with Crippen LogP contribution in [0.3, 0.4) is 0 Å². The summed E-state index contributed by atoms with van der Waals surface area (Å²) in [5.74, 6) is 2.03. The van der Waals surface area contributed by atoms with Crippen LogP contribution in [-0.2, 0) is 11.3 Å². The van der Waals surface area contributed by atoms with Gasteiger partial charge in [0, 0.05) is 7.05 Å². The van der Waals surface area contributed by atoms with Crippen molar-refractivity contribution in [1.29, 1.82) is 0 Å². The number of hydrogen-bond donors (Lipinski definition) is 1. The van der Waals surface area contributed by atoms with Crippen molar-refractivity contribution in [2.24, 2.45) is 11.7 Å². The monoisotopic (exact) mass is 274 g/mol. The van der Waals surface area contributed by atoms with Crippen molar-refractivity contribution in [1.82, 2.24) is 4.90 Å². The molecule has 0 saturated heterocycles. The predicted octanol–water partition coefficient (Wildman–Crippen LogP) is 2.34. The molecule has 0 fully saturated rings. The van der Waals surface area contributed by atoms with Crippen molar-refractivity contribution in [3.63, 3.8) is 0 Å². The molecule has 104 valence electrons. The van der Waals surface area contributed by atoms with Crippen LogP contribution >= 0.6 is 12.4 Å². The quantitative estimate of drug-likeness (QED) is 0.897. The summed E-state index contributed by atoms with van der Waals surface area (Å²) in [5, 5.41) is 0. The van der Waals surface area contributed by atoms with Gasteiger partial charge in [0.15, 0.2) is 0 Å². The number of carbonyl (C=O) groups excluding carboxylic acids is 1. The molecule has 1 amide bonds. The van der Waals surface area contributed by atoms with E-state index in [2.05, 4.69) is 13.8 Å². The van der Waals surface area contributed by atoms with Crippen LogP contribution in [0.2, 0.25) is 0 Å². The Morgan fingerprint density at radius 2 is 2.06 bits per heavy atom. The summed E-state index contributed by atoms with van der Waals surface area (Å²) in [6.07, 6.45) is 0.709. The SMILES string of the molecule is Cc1ccc(CN(C)C(=O)[C@@H](N)CC(C)C)o1.Cl. The van der Waals surface area contributed by atoms with E-state index in [0.29, 0.717) is 18.9 Å². The molecule has 1 rings (SSSR count). The number of carbonyl (C=O) groups is 1. The Morgan fingerprint density at radius 3 is 2.50 bits per heavy atom. The first-order valence-electron chi connectivity index (χ1n) is 5.96. The number of nitrogens with zero attached hydrogens (tertiary/aromatic N) is 1. The van der Waals surface area contributed by atoms with Gasteiger partial charge in [-0.1, -0.05) is 13.8 Å². The standard InChI is InChI=1S/C13H22N2O2.ClH/c1-9(2)7-12(14)13(16)15(4)8-11-6-5-10(3)17-11;/h5-6,9,12H,7-8,14H2,1-4H3;1H/t12-;/m0./s1. The molecule has 0 saturated carbocycles. The number of aryl methyl sites for hydroxylation is 1. The van der Waals surface area contributed by atoms with Crippen LogP contribution in [-0.4, -0.2) is 23.9 Å². The summed E-state index contributed by atoms with van der Waals surface area (Å²) in [4.78, 5) is 13.6. The summed E-state index contributed by atoms with van der Waals surface area (Å²) >= 11 is 0. The highest BCUT2D eigenvalue weighted by Crippen LogP contribution is 2.11. The van der Waals surface area contributed by atoms with Gasteiger partial charge in [-0.2, -0.15) is 0 Å². The van der Waals surface area contributed by atoms with Crippen molar-refractivity contribution in [2.75, 3.05) is 7.05 Å². The van der Waals surface area contributed by atoms with Crippen molar-refractivity contribution < 1.29 is 9.21 Å². The Bertz CT molecular complexity index is 377. The molecule has 1 heterocycles. The average Bonchev–Trinajstić information content (AvgIpc) is 2.61. The molecular formula is C13H23ClN2O2. The van der Waals surface area contributed by atoms with E-state index >= 15 is 0 Å². The van der Waals surface area contributed by atoms with Gasteiger partial charge in [0.05, 0.1) is 12.6 Å². The zero-order valence-electron chi connectivity index (χ0n) is 11.5. The predicted molar refractivity (Wildman–Crippen MR) is 74.6 cm³/mol. The number of halogens is 1. The molecule has 0 spiro atoms. The van der Waals surface area contributed by atoms with Gasteiger partial charge in [0.2, 0.25) is 5.91 Å². The smallest absolute Gasteiger partial charge is 0.239 e. The second-order valence-electron chi connectivity index (χ2n) is 4.94. The topological polar surface area (TPSA) is 59.5 Å². The van der Waals surface area contributed by atoms with Gasteiger partial charge in [0.25, 0.3) is 0 Å². The number of nitrogens with two attached hydrogens (primary N) is 1. The van der Waals surface area contributed by atoms with E-state index in [1.807, 2.05) is 19.1 Å². The molecule has 18 heavy (non-hydrogen) atoms. The van der Waals surface area contributed by atoms with Crippen LogP contribution in [0.1, 0.15) is 31.8 Å². The number of likely N-dealkylation sites (N-methyl/N-ethyl adjacent to an activating group) is 1. The van der Waals surface area contributed by atoms with Crippen LogP contribution in [0.15, 0.2) is 16.5 Å². The number of amides is 1. The summed E-state index contributed by atoms with van der Waals surface area (Å²) < 4.78 is 5.43. The minimum absolute atomic E-state index is 0. The highest BCUT2D eigenvalue weighted by atomic mass is 35.5. The fourth-order valence-corrected chi connectivity index (χ4v) is 1.77. The van der Waals surface area contributed by atoms with Gasteiger partial charge in [-0.25, -0.2) is 0 Å². The van der Waals surface area contributed by atoms with Crippen LogP contribution < -0.4 is 5.73 Å². The van der Waals surface area contributed by atoms with E-state index < -0.39 is 6.04 Å². The number of hydrogen-bond acceptors (Lipinski definition) is 3. The Labute approximate surface area is 115 Å². The molecule has 0 unspecified atom stereocenters. The summed E-state index contributed by atoms with van der Waals surface area (Å²) in [6, 6.07) is 3.35. The molecule has 0 radical (unpaired) electrons. The summed E-state index contributed by atoms with van der Waals surface area (Å²) in [5.41, 5.74) is 5.86. The van der Waals surface area contributed by atoms with E-state index in [1.165, 1.54) is 0 Å². The number of furan rings is 1. The summed E-state index contributed by atoms with van der Waals surface area (Å²) in [7, 11) is 1.75. The maximum atomic E-state index is 11.9. The van der Waals surface area contributed by atoms with Crippen LogP contribution in [0.5, 0.6) is 0 Å². The first-order valence-corrected chi connectivity index (χ1v) is 5.96. The second-order valence-corrected chi connectivity index (χ2v) is 4.94. The van der Waals surface area contributed by atoms with Crippen LogP contribution in [0, 0.1) is 12.8 Å². The molecule has 1 aromatic heterocycles. The van der Waals surface area contributed by atoms with Crippen LogP contribution in [0.25, 0.3) is 0 Å². The largest absolute Gasteiger partial charge is 0.464 e. The van der Waals surface area contributed by atoms with Crippen molar-refractivity contribution in [2.45, 2.75) is 39.8 Å². The summed E-state index contributed by atoms with van der Waals surface area (Å²) in [6.45, 7) is 6.47. The van der Waals surface area contributed by atoms with E-state index in [1.54, 1.807) is 11.9 Å². The normalized spacial score (nSPS) is 12.1. The minimum Gasteiger partial charge on any atom is -0.464 e. The van der Waals surface area contributed by atoms with Gasteiger partial charge in [-0.3, -0.25) is 4.79 Å². The molecule has 4 nitrogen and oxygen atoms in total. The molecule has 1 atom stereocenters. The maximum Gasteiger partial charge on any atom is 0.239 e. The third-order valence-electron chi connectivity index (χ3n) is 2.61. The fourth-order valence-electron chi connectivity index (χ4n) is 1.77. The highest BCUT2D eigenvalue weighted by Gasteiger charge is 2.19. The molecule has 5 heteroatoms. The highest BCUT2D eigenvalue weighted by molar-refractivity contribution is 5.85. The van der Waals surface area contributed by atoms with Gasteiger partial charge < -0.3 is 15.1 Å². The van der Waals surface area contributed by atoms with Crippen molar-refractivity contribution in [3.8, 4) is 0 Å². The fraction of sp³-hybridized carbons (Fsp3) is 0.615. The molecule has 1 aromatic rings. The lowest BCUT2D eigenvalue weighted by atomic mass is 10.0. The van der Waals surface area contributed by atoms with E-state index in [9.17, 15) is 4.79 Å². The molecule has 0 aromatic carbocycles. The lowest BCUT2D eigenvalue weighted by Gasteiger charge is -2.21. The number of rotatable bonds is 5. The maximum absolute atomic E-state index is 11.9. The molecule has 0 aliphatic heterocycles. The van der Waals surface area contributed by atoms with Gasteiger partial charge in [-0.15, -0.1) is 12.4 Å². The van der Waals surface area contributed by atoms with Crippen molar-refractivity contribution >= 4 is 18.3 Å². The zero-order valence-corrected chi connectivity index (χ0v) is 12.3. The van der Waals surface area contributed by atoms with Crippen LogP contribution in [0.4, 0.5) is 0 Å². The van der Waals surface area contributed by atoms with E-state index in [4.69, 9.17) is 10.2 Å². The third kappa shape index (κ3) is 5.10. The van der Waals surface area contributed by atoms with Crippen molar-refractivity contribution in [3.05, 3.63) is 23.7 Å². The Balaban J connectivity index is 0.00000289.